The Morgan fingerprint density at radius 3 is 2.71 bits per heavy atom. The maximum atomic E-state index is 12.1. The van der Waals surface area contributed by atoms with Crippen molar-refractivity contribution in [2.45, 2.75) is 51.2 Å². The molecule has 0 aromatic heterocycles. The highest BCUT2D eigenvalue weighted by molar-refractivity contribution is 7.83. The van der Waals surface area contributed by atoms with Gasteiger partial charge in [-0.2, -0.15) is 0 Å². The van der Waals surface area contributed by atoms with Crippen molar-refractivity contribution in [1.29, 1.82) is 0 Å². The van der Waals surface area contributed by atoms with Crippen LogP contribution in [0.25, 0.3) is 0 Å². The van der Waals surface area contributed by atoms with E-state index in [4.69, 9.17) is 0 Å². The SMILES string of the molecule is Cc1c(C[S@](C)=O)cccc1NC(=O)CCC1CCCC1. The van der Waals surface area contributed by atoms with E-state index in [-0.39, 0.29) is 5.91 Å². The van der Waals surface area contributed by atoms with Crippen molar-refractivity contribution in [3.05, 3.63) is 29.3 Å². The van der Waals surface area contributed by atoms with Crippen LogP contribution < -0.4 is 5.32 Å². The molecule has 1 fully saturated rings. The molecule has 1 aromatic rings. The molecule has 1 atom stereocenters. The minimum absolute atomic E-state index is 0.0970. The van der Waals surface area contributed by atoms with E-state index in [0.717, 1.165) is 29.2 Å². The van der Waals surface area contributed by atoms with E-state index in [1.54, 1.807) is 6.26 Å². The standard InChI is InChI=1S/C17H25NO2S/c1-13-15(12-21(2)20)8-5-9-16(13)18-17(19)11-10-14-6-3-4-7-14/h5,8-9,14H,3-4,6-7,10-12H2,1-2H3,(H,18,19)/t21-/m0/s1. The van der Waals surface area contributed by atoms with Crippen molar-refractivity contribution < 1.29 is 9.00 Å². The molecule has 116 valence electrons. The van der Waals surface area contributed by atoms with Crippen molar-refractivity contribution >= 4 is 22.4 Å². The maximum absolute atomic E-state index is 12.1. The molecular formula is C17H25NO2S. The van der Waals surface area contributed by atoms with Gasteiger partial charge in [0.1, 0.15) is 0 Å². The summed E-state index contributed by atoms with van der Waals surface area (Å²) in [5, 5.41) is 3.01. The lowest BCUT2D eigenvalue weighted by Gasteiger charge is -2.13. The molecule has 3 nitrogen and oxygen atoms in total. The van der Waals surface area contributed by atoms with Crippen molar-refractivity contribution in [2.75, 3.05) is 11.6 Å². The number of carbonyl (C=O) groups excluding carboxylic acids is 1. The lowest BCUT2D eigenvalue weighted by Crippen LogP contribution is -2.14. The number of amides is 1. The van der Waals surface area contributed by atoms with E-state index in [2.05, 4.69) is 5.32 Å². The Balaban J connectivity index is 1.92. The predicted molar refractivity (Wildman–Crippen MR) is 88.8 cm³/mol. The Morgan fingerprint density at radius 2 is 2.05 bits per heavy atom. The molecule has 1 aliphatic rings. The van der Waals surface area contributed by atoms with Crippen LogP contribution in [0, 0.1) is 12.8 Å². The summed E-state index contributed by atoms with van der Waals surface area (Å²) in [4.78, 5) is 12.1. The lowest BCUT2D eigenvalue weighted by atomic mass is 10.0. The minimum Gasteiger partial charge on any atom is -0.326 e. The molecule has 1 saturated carbocycles. The zero-order chi connectivity index (χ0) is 15.2. The van der Waals surface area contributed by atoms with Gasteiger partial charge >= 0.3 is 0 Å². The number of hydrogen-bond donors (Lipinski definition) is 1. The quantitative estimate of drug-likeness (QED) is 0.869. The van der Waals surface area contributed by atoms with Gasteiger partial charge < -0.3 is 5.32 Å². The van der Waals surface area contributed by atoms with Gasteiger partial charge in [-0.15, -0.1) is 0 Å². The summed E-state index contributed by atoms with van der Waals surface area (Å²) in [6.07, 6.45) is 8.52. The lowest BCUT2D eigenvalue weighted by molar-refractivity contribution is -0.116. The summed E-state index contributed by atoms with van der Waals surface area (Å²) in [5.74, 6) is 1.38. The van der Waals surface area contributed by atoms with Crippen LogP contribution in [0.4, 0.5) is 5.69 Å². The van der Waals surface area contributed by atoms with Crippen molar-refractivity contribution in [1.82, 2.24) is 0 Å². The van der Waals surface area contributed by atoms with Gasteiger partial charge in [-0.1, -0.05) is 37.8 Å². The number of hydrogen-bond acceptors (Lipinski definition) is 2. The van der Waals surface area contributed by atoms with Gasteiger partial charge in [0.05, 0.1) is 0 Å². The van der Waals surface area contributed by atoms with Crippen molar-refractivity contribution in [3.8, 4) is 0 Å². The van der Waals surface area contributed by atoms with Gasteiger partial charge in [-0.3, -0.25) is 9.00 Å². The van der Waals surface area contributed by atoms with E-state index in [0.29, 0.717) is 12.2 Å². The van der Waals surface area contributed by atoms with Gasteiger partial charge in [0.15, 0.2) is 0 Å². The second-order valence-electron chi connectivity index (χ2n) is 6.04. The third kappa shape index (κ3) is 4.95. The third-order valence-corrected chi connectivity index (χ3v) is 5.05. The van der Waals surface area contributed by atoms with E-state index in [9.17, 15) is 9.00 Å². The highest BCUT2D eigenvalue weighted by Crippen LogP contribution is 2.28. The van der Waals surface area contributed by atoms with E-state index in [1.165, 1.54) is 25.7 Å². The maximum Gasteiger partial charge on any atom is 0.224 e. The molecule has 1 N–H and O–H groups in total. The van der Waals surface area contributed by atoms with Crippen LogP contribution >= 0.6 is 0 Å². The summed E-state index contributed by atoms with van der Waals surface area (Å²) in [7, 11) is -0.866. The molecule has 1 amide bonds. The normalized spacial score (nSPS) is 16.9. The fourth-order valence-corrected chi connectivity index (χ4v) is 3.79. The van der Waals surface area contributed by atoms with Gasteiger partial charge in [0.2, 0.25) is 5.91 Å². The van der Waals surface area contributed by atoms with Crippen LogP contribution in [0.15, 0.2) is 18.2 Å². The molecule has 0 heterocycles. The molecule has 21 heavy (non-hydrogen) atoms. The Hall–Kier alpha value is -1.16. The first-order valence-electron chi connectivity index (χ1n) is 7.74. The Labute approximate surface area is 130 Å². The smallest absolute Gasteiger partial charge is 0.224 e. The fourth-order valence-electron chi connectivity index (χ4n) is 3.04. The van der Waals surface area contributed by atoms with Gasteiger partial charge in [-0.05, 0) is 36.5 Å². The summed E-state index contributed by atoms with van der Waals surface area (Å²) >= 11 is 0. The molecule has 2 rings (SSSR count). The topological polar surface area (TPSA) is 46.2 Å². The molecule has 0 saturated heterocycles. The number of nitrogens with one attached hydrogen (secondary N) is 1. The average molecular weight is 307 g/mol. The second kappa shape index (κ2) is 7.74. The van der Waals surface area contributed by atoms with Crippen LogP contribution in [0.2, 0.25) is 0 Å². The Morgan fingerprint density at radius 1 is 1.33 bits per heavy atom. The Bertz CT molecular complexity index is 522. The predicted octanol–water partition coefficient (Wildman–Crippen LogP) is 3.78. The summed E-state index contributed by atoms with van der Waals surface area (Å²) in [6.45, 7) is 1.98. The molecule has 0 spiro atoms. The van der Waals surface area contributed by atoms with Crippen LogP contribution in [0.5, 0.6) is 0 Å². The zero-order valence-electron chi connectivity index (χ0n) is 13.0. The summed E-state index contributed by atoms with van der Waals surface area (Å²) in [5.41, 5.74) is 2.93. The van der Waals surface area contributed by atoms with Crippen molar-refractivity contribution in [3.63, 3.8) is 0 Å². The second-order valence-corrected chi connectivity index (χ2v) is 7.48. The van der Waals surface area contributed by atoms with Crippen molar-refractivity contribution in [2.24, 2.45) is 5.92 Å². The summed E-state index contributed by atoms with van der Waals surface area (Å²) < 4.78 is 11.4. The molecule has 0 bridgehead atoms. The molecule has 0 radical (unpaired) electrons. The van der Waals surface area contributed by atoms with E-state index < -0.39 is 10.8 Å². The molecule has 0 unspecified atom stereocenters. The highest BCUT2D eigenvalue weighted by Gasteiger charge is 2.16. The number of rotatable bonds is 6. The van der Waals surface area contributed by atoms with Crippen LogP contribution in [-0.2, 0) is 21.3 Å². The number of benzene rings is 1. The first kappa shape index (κ1) is 16.2. The molecular weight excluding hydrogens is 282 g/mol. The van der Waals surface area contributed by atoms with E-state index in [1.807, 2.05) is 25.1 Å². The van der Waals surface area contributed by atoms with Crippen LogP contribution in [0.3, 0.4) is 0 Å². The molecule has 1 aliphatic carbocycles. The van der Waals surface area contributed by atoms with E-state index >= 15 is 0 Å². The van der Waals surface area contributed by atoms with Gasteiger partial charge in [0, 0.05) is 34.9 Å². The summed E-state index contributed by atoms with van der Waals surface area (Å²) in [6, 6.07) is 5.82. The van der Waals surface area contributed by atoms with Gasteiger partial charge in [0.25, 0.3) is 0 Å². The molecule has 0 aliphatic heterocycles. The number of anilines is 1. The van der Waals surface area contributed by atoms with Crippen LogP contribution in [-0.4, -0.2) is 16.4 Å². The minimum atomic E-state index is -0.866. The zero-order valence-corrected chi connectivity index (χ0v) is 13.8. The fraction of sp³-hybridized carbons (Fsp3) is 0.588. The largest absolute Gasteiger partial charge is 0.326 e. The molecule has 1 aromatic carbocycles. The highest BCUT2D eigenvalue weighted by atomic mass is 32.2. The van der Waals surface area contributed by atoms with Gasteiger partial charge in [-0.25, -0.2) is 0 Å². The first-order chi connectivity index (χ1) is 10.1. The molecule has 4 heteroatoms. The Kier molecular flexibility index (Phi) is 5.97. The number of carbonyl (C=O) groups is 1. The monoisotopic (exact) mass is 307 g/mol. The average Bonchev–Trinajstić information content (AvgIpc) is 2.94. The first-order valence-corrected chi connectivity index (χ1v) is 9.47. The third-order valence-electron chi connectivity index (χ3n) is 4.33. The van der Waals surface area contributed by atoms with Crippen LogP contribution in [0.1, 0.15) is 49.7 Å².